The first kappa shape index (κ1) is 25.4. The molecule has 0 aliphatic rings. The predicted octanol–water partition coefficient (Wildman–Crippen LogP) is 3.33. The smallest absolute Gasteiger partial charge is 0.340 e. The van der Waals surface area contributed by atoms with Crippen LogP contribution < -0.4 is 0 Å². The Hall–Kier alpha value is -3.21. The number of esters is 2. The van der Waals surface area contributed by atoms with Crippen molar-refractivity contribution >= 4 is 35.3 Å². The summed E-state index contributed by atoms with van der Waals surface area (Å²) in [6, 6.07) is 0. The Morgan fingerprint density at radius 1 is 1.15 bits per heavy atom. The number of ketones is 1. The van der Waals surface area contributed by atoms with Gasteiger partial charge in [-0.3, -0.25) is 9.59 Å². The molecule has 0 saturated heterocycles. The average Bonchev–Trinajstić information content (AvgIpc) is 3.33. The Morgan fingerprint density at radius 3 is 2.50 bits per heavy atom. The largest absolute Gasteiger partial charge is 0.462 e. The topological polar surface area (TPSA) is 129 Å². The average molecular weight is 488 g/mol. The normalized spacial score (nSPS) is 12.1. The summed E-state index contributed by atoms with van der Waals surface area (Å²) in [6.07, 6.45) is 1.35. The maximum Gasteiger partial charge on any atom is 0.340 e. The number of aryl methyl sites for hydroxylation is 3. The number of aromatic amines is 1. The van der Waals surface area contributed by atoms with Crippen molar-refractivity contribution in [1.82, 2.24) is 24.6 Å². The summed E-state index contributed by atoms with van der Waals surface area (Å²) in [7, 11) is 0. The lowest BCUT2D eigenvalue weighted by atomic mass is 10.1. The highest BCUT2D eigenvalue weighted by Gasteiger charge is 2.27. The molecule has 0 aromatic carbocycles. The number of carbonyl (C=O) groups excluding carboxylic acids is 3. The standard InChI is InChI=1S/C23H29N5O5S/c1-8-32-21(31)18-11(2)19(24-13(18)4)20(30)15(6)33-17(29)10-9-16-12(3)25-22-26-23(34-7)27-28(22)14(16)5/h15,24H,8-10H2,1-7H3/t15-/m1/s1. The molecule has 10 nitrogen and oxygen atoms in total. The van der Waals surface area contributed by atoms with E-state index in [9.17, 15) is 14.4 Å². The summed E-state index contributed by atoms with van der Waals surface area (Å²) in [5, 5.41) is 5.04. The number of Topliss-reactive ketones (excluding diaryl/α,β-unsaturated/α-hetero) is 1. The molecule has 182 valence electrons. The Morgan fingerprint density at radius 2 is 1.85 bits per heavy atom. The molecular formula is C23H29N5O5S. The Kier molecular flexibility index (Phi) is 7.75. The maximum atomic E-state index is 12.9. The quantitative estimate of drug-likeness (QED) is 0.274. The zero-order chi connectivity index (χ0) is 25.2. The Labute approximate surface area is 201 Å². The predicted molar refractivity (Wildman–Crippen MR) is 126 cm³/mol. The molecule has 3 aromatic rings. The van der Waals surface area contributed by atoms with Crippen molar-refractivity contribution in [2.45, 2.75) is 65.6 Å². The summed E-state index contributed by atoms with van der Waals surface area (Å²) in [4.78, 5) is 49.4. The van der Waals surface area contributed by atoms with Gasteiger partial charge in [0, 0.05) is 23.5 Å². The van der Waals surface area contributed by atoms with Gasteiger partial charge in [0.05, 0.1) is 17.9 Å². The summed E-state index contributed by atoms with van der Waals surface area (Å²) in [5.74, 6) is -0.892. The van der Waals surface area contributed by atoms with Gasteiger partial charge in [0.25, 0.3) is 5.78 Å². The highest BCUT2D eigenvalue weighted by Crippen LogP contribution is 2.22. The number of hydrogen-bond acceptors (Lipinski definition) is 9. The number of carbonyl (C=O) groups is 3. The van der Waals surface area contributed by atoms with Crippen LogP contribution in [0.3, 0.4) is 0 Å². The van der Waals surface area contributed by atoms with Crippen molar-refractivity contribution in [2.24, 2.45) is 0 Å². The number of nitrogens with one attached hydrogen (secondary N) is 1. The third-order valence-electron chi connectivity index (χ3n) is 5.63. The molecule has 0 fully saturated rings. The van der Waals surface area contributed by atoms with Gasteiger partial charge in [-0.15, -0.1) is 5.10 Å². The van der Waals surface area contributed by atoms with E-state index in [4.69, 9.17) is 9.47 Å². The third-order valence-corrected chi connectivity index (χ3v) is 6.17. The van der Waals surface area contributed by atoms with E-state index in [0.717, 1.165) is 17.0 Å². The highest BCUT2D eigenvalue weighted by atomic mass is 32.2. The van der Waals surface area contributed by atoms with Gasteiger partial charge in [0.2, 0.25) is 10.9 Å². The second-order valence-corrected chi connectivity index (χ2v) is 8.69. The fourth-order valence-electron chi connectivity index (χ4n) is 3.88. The molecule has 0 unspecified atom stereocenters. The van der Waals surface area contributed by atoms with Gasteiger partial charge in [-0.2, -0.15) is 4.98 Å². The van der Waals surface area contributed by atoms with Crippen LogP contribution >= 0.6 is 11.8 Å². The fourth-order valence-corrected chi connectivity index (χ4v) is 4.22. The van der Waals surface area contributed by atoms with E-state index in [1.165, 1.54) is 18.7 Å². The number of aromatic nitrogens is 5. The van der Waals surface area contributed by atoms with Crippen molar-refractivity contribution in [3.8, 4) is 0 Å². The number of thioether (sulfide) groups is 1. The minimum Gasteiger partial charge on any atom is -0.462 e. The van der Waals surface area contributed by atoms with Crippen molar-refractivity contribution in [1.29, 1.82) is 0 Å². The van der Waals surface area contributed by atoms with Gasteiger partial charge >= 0.3 is 11.9 Å². The van der Waals surface area contributed by atoms with Gasteiger partial charge in [-0.1, -0.05) is 11.8 Å². The van der Waals surface area contributed by atoms with Crippen LogP contribution in [0.1, 0.15) is 69.3 Å². The molecule has 3 heterocycles. The van der Waals surface area contributed by atoms with Crippen LogP contribution in [-0.2, 0) is 20.7 Å². The molecule has 0 aliphatic carbocycles. The molecule has 11 heteroatoms. The van der Waals surface area contributed by atoms with E-state index in [1.54, 1.807) is 25.3 Å². The third kappa shape index (κ3) is 4.98. The number of rotatable bonds is 9. The molecule has 3 rings (SSSR count). The first-order chi connectivity index (χ1) is 16.1. The number of fused-ring (bicyclic) bond motifs is 1. The lowest BCUT2D eigenvalue weighted by Crippen LogP contribution is -2.25. The van der Waals surface area contributed by atoms with Crippen molar-refractivity contribution in [3.63, 3.8) is 0 Å². The van der Waals surface area contributed by atoms with Gasteiger partial charge in [-0.25, -0.2) is 14.3 Å². The Bertz CT molecular complexity index is 1260. The molecule has 0 bridgehead atoms. The van der Waals surface area contributed by atoms with E-state index < -0.39 is 23.8 Å². The molecule has 1 N–H and O–H groups in total. The summed E-state index contributed by atoms with van der Waals surface area (Å²) in [5.41, 5.74) is 4.09. The van der Waals surface area contributed by atoms with E-state index in [2.05, 4.69) is 20.1 Å². The Balaban J connectivity index is 1.68. The molecule has 0 saturated carbocycles. The maximum absolute atomic E-state index is 12.9. The summed E-state index contributed by atoms with van der Waals surface area (Å²) < 4.78 is 12.1. The summed E-state index contributed by atoms with van der Waals surface area (Å²) in [6.45, 7) is 10.6. The zero-order valence-corrected chi connectivity index (χ0v) is 21.3. The van der Waals surface area contributed by atoms with Crippen molar-refractivity contribution in [2.75, 3.05) is 12.9 Å². The fraction of sp³-hybridized carbons (Fsp3) is 0.478. The number of nitrogens with zero attached hydrogens (tertiary/aromatic N) is 4. The monoisotopic (exact) mass is 487 g/mol. The van der Waals surface area contributed by atoms with Crippen molar-refractivity contribution < 1.29 is 23.9 Å². The molecule has 0 spiro atoms. The number of ether oxygens (including phenoxy) is 2. The SMILES string of the molecule is CCOC(=O)c1c(C)[nH]c(C(=O)[C@@H](C)OC(=O)CCc2c(C)nc3nc(SC)nn3c2C)c1C. The van der Waals surface area contributed by atoms with E-state index in [-0.39, 0.29) is 18.7 Å². The van der Waals surface area contributed by atoms with Gasteiger partial charge < -0.3 is 14.5 Å². The van der Waals surface area contributed by atoms with E-state index >= 15 is 0 Å². The van der Waals surface area contributed by atoms with Crippen LogP contribution in [0.15, 0.2) is 5.16 Å². The van der Waals surface area contributed by atoms with E-state index in [1.807, 2.05) is 20.1 Å². The van der Waals surface area contributed by atoms with Crippen LogP contribution in [0.25, 0.3) is 5.78 Å². The molecule has 0 amide bonds. The van der Waals surface area contributed by atoms with Crippen molar-refractivity contribution in [3.05, 3.63) is 39.5 Å². The minimum absolute atomic E-state index is 0.0768. The second-order valence-electron chi connectivity index (χ2n) is 7.91. The molecule has 34 heavy (non-hydrogen) atoms. The minimum atomic E-state index is -1.01. The number of H-pyrrole nitrogens is 1. The van der Waals surface area contributed by atoms with Crippen LogP contribution in [0, 0.1) is 27.7 Å². The highest BCUT2D eigenvalue weighted by molar-refractivity contribution is 7.98. The van der Waals surface area contributed by atoms with Gasteiger partial charge in [-0.05, 0) is 65.3 Å². The zero-order valence-electron chi connectivity index (χ0n) is 20.4. The van der Waals surface area contributed by atoms with E-state index in [0.29, 0.717) is 34.2 Å². The lowest BCUT2D eigenvalue weighted by molar-refractivity contribution is -0.146. The molecule has 3 aromatic heterocycles. The molecule has 0 aliphatic heterocycles. The first-order valence-electron chi connectivity index (χ1n) is 11.0. The lowest BCUT2D eigenvalue weighted by Gasteiger charge is -2.13. The van der Waals surface area contributed by atoms with Crippen LogP contribution in [0.5, 0.6) is 0 Å². The summed E-state index contributed by atoms with van der Waals surface area (Å²) >= 11 is 1.43. The second kappa shape index (κ2) is 10.4. The van der Waals surface area contributed by atoms with Crippen LogP contribution in [-0.4, -0.2) is 61.3 Å². The van der Waals surface area contributed by atoms with Gasteiger partial charge in [0.15, 0.2) is 6.10 Å². The molecular weight excluding hydrogens is 458 g/mol. The van der Waals surface area contributed by atoms with Crippen LogP contribution in [0.4, 0.5) is 0 Å². The van der Waals surface area contributed by atoms with Gasteiger partial charge in [0.1, 0.15) is 0 Å². The molecule has 0 radical (unpaired) electrons. The number of hydrogen-bond donors (Lipinski definition) is 1. The van der Waals surface area contributed by atoms with Crippen LogP contribution in [0.2, 0.25) is 0 Å². The molecule has 1 atom stereocenters. The first-order valence-corrected chi connectivity index (χ1v) is 12.2.